The fourth-order valence-electron chi connectivity index (χ4n) is 2.01. The van der Waals surface area contributed by atoms with Crippen molar-refractivity contribution < 1.29 is 0 Å². The SMILES string of the molecule is C=CCN(CC=C)Cc1ccccc1.CC(C)N(C)C(C)C. The van der Waals surface area contributed by atoms with Crippen LogP contribution in [-0.4, -0.2) is 42.0 Å². The van der Waals surface area contributed by atoms with Crippen molar-refractivity contribution in [2.24, 2.45) is 0 Å². The van der Waals surface area contributed by atoms with Crippen molar-refractivity contribution in [1.29, 1.82) is 0 Å². The fourth-order valence-corrected chi connectivity index (χ4v) is 2.01. The Morgan fingerprint density at radius 2 is 1.36 bits per heavy atom. The quantitative estimate of drug-likeness (QED) is 0.648. The average molecular weight is 303 g/mol. The van der Waals surface area contributed by atoms with E-state index in [-0.39, 0.29) is 0 Å². The molecule has 0 unspecified atom stereocenters. The molecule has 0 saturated carbocycles. The molecule has 0 aliphatic rings. The van der Waals surface area contributed by atoms with Crippen molar-refractivity contribution in [3.05, 3.63) is 61.2 Å². The van der Waals surface area contributed by atoms with Crippen molar-refractivity contribution in [3.8, 4) is 0 Å². The largest absolute Gasteiger partial charge is 0.302 e. The van der Waals surface area contributed by atoms with Gasteiger partial charge < -0.3 is 4.90 Å². The lowest BCUT2D eigenvalue weighted by atomic mass is 10.2. The zero-order valence-corrected chi connectivity index (χ0v) is 15.1. The lowest BCUT2D eigenvalue weighted by Crippen LogP contribution is -2.32. The zero-order valence-electron chi connectivity index (χ0n) is 15.1. The van der Waals surface area contributed by atoms with Gasteiger partial charge in [0.2, 0.25) is 0 Å². The minimum absolute atomic E-state index is 0.676. The molecule has 0 bridgehead atoms. The summed E-state index contributed by atoms with van der Waals surface area (Å²) in [6.45, 7) is 19.1. The van der Waals surface area contributed by atoms with Crippen LogP contribution in [-0.2, 0) is 6.54 Å². The van der Waals surface area contributed by atoms with Gasteiger partial charge in [-0.2, -0.15) is 0 Å². The maximum absolute atomic E-state index is 3.75. The van der Waals surface area contributed by atoms with Gasteiger partial charge in [0.05, 0.1) is 0 Å². The van der Waals surface area contributed by atoms with E-state index in [4.69, 9.17) is 0 Å². The number of hydrogen-bond donors (Lipinski definition) is 0. The van der Waals surface area contributed by atoms with Crippen LogP contribution < -0.4 is 0 Å². The molecule has 0 atom stereocenters. The van der Waals surface area contributed by atoms with E-state index in [1.807, 2.05) is 18.2 Å². The van der Waals surface area contributed by atoms with Gasteiger partial charge in [-0.15, -0.1) is 13.2 Å². The molecule has 0 N–H and O–H groups in total. The van der Waals surface area contributed by atoms with Gasteiger partial charge in [0.1, 0.15) is 0 Å². The van der Waals surface area contributed by atoms with Gasteiger partial charge >= 0.3 is 0 Å². The molecule has 0 saturated heterocycles. The van der Waals surface area contributed by atoms with Crippen LogP contribution in [0.25, 0.3) is 0 Å². The van der Waals surface area contributed by atoms with Gasteiger partial charge in [0.15, 0.2) is 0 Å². The van der Waals surface area contributed by atoms with Gasteiger partial charge in [0.25, 0.3) is 0 Å². The van der Waals surface area contributed by atoms with E-state index in [2.05, 4.69) is 82.0 Å². The molecule has 0 aliphatic carbocycles. The Hall–Kier alpha value is -1.38. The van der Waals surface area contributed by atoms with Gasteiger partial charge in [-0.05, 0) is 40.3 Å². The smallest absolute Gasteiger partial charge is 0.0240 e. The van der Waals surface area contributed by atoms with Crippen LogP contribution in [0.3, 0.4) is 0 Å². The minimum atomic E-state index is 0.676. The van der Waals surface area contributed by atoms with Crippen LogP contribution in [0.2, 0.25) is 0 Å². The molecule has 1 rings (SSSR count). The Morgan fingerprint density at radius 1 is 0.909 bits per heavy atom. The minimum Gasteiger partial charge on any atom is -0.302 e. The molecule has 0 radical (unpaired) electrons. The highest BCUT2D eigenvalue weighted by molar-refractivity contribution is 5.14. The van der Waals surface area contributed by atoms with Gasteiger partial charge in [0, 0.05) is 31.7 Å². The van der Waals surface area contributed by atoms with Crippen molar-refractivity contribution in [1.82, 2.24) is 9.80 Å². The van der Waals surface area contributed by atoms with Crippen molar-refractivity contribution in [2.75, 3.05) is 20.1 Å². The van der Waals surface area contributed by atoms with Crippen molar-refractivity contribution in [3.63, 3.8) is 0 Å². The Labute approximate surface area is 138 Å². The molecular weight excluding hydrogens is 268 g/mol. The van der Waals surface area contributed by atoms with Crippen LogP contribution in [0.4, 0.5) is 0 Å². The van der Waals surface area contributed by atoms with Crippen LogP contribution in [0, 0.1) is 0 Å². The summed E-state index contributed by atoms with van der Waals surface area (Å²) in [5.41, 5.74) is 1.33. The highest BCUT2D eigenvalue weighted by Crippen LogP contribution is 2.04. The molecule has 22 heavy (non-hydrogen) atoms. The van der Waals surface area contributed by atoms with E-state index < -0.39 is 0 Å². The van der Waals surface area contributed by atoms with Crippen LogP contribution >= 0.6 is 0 Å². The molecular formula is C20H34N2. The number of benzene rings is 1. The topological polar surface area (TPSA) is 6.48 Å². The van der Waals surface area contributed by atoms with E-state index in [1.54, 1.807) is 0 Å². The van der Waals surface area contributed by atoms with E-state index >= 15 is 0 Å². The third-order valence-electron chi connectivity index (χ3n) is 3.65. The molecule has 2 nitrogen and oxygen atoms in total. The van der Waals surface area contributed by atoms with E-state index in [0.29, 0.717) is 12.1 Å². The molecule has 1 aromatic carbocycles. The second kappa shape index (κ2) is 12.2. The molecule has 0 aliphatic heterocycles. The predicted molar refractivity (Wildman–Crippen MR) is 100 cm³/mol. The molecule has 0 amide bonds. The maximum atomic E-state index is 3.75. The monoisotopic (exact) mass is 302 g/mol. The van der Waals surface area contributed by atoms with Crippen molar-refractivity contribution in [2.45, 2.75) is 46.3 Å². The highest BCUT2D eigenvalue weighted by atomic mass is 15.1. The summed E-state index contributed by atoms with van der Waals surface area (Å²) in [5, 5.41) is 0. The standard InChI is InChI=1S/C13H17N.C7H17N/c1-3-10-14(11-4-2)12-13-8-6-5-7-9-13;1-6(2)8(5)7(3)4/h3-9H,1-2,10-12H2;6-7H,1-5H3. The predicted octanol–water partition coefficient (Wildman–Crippen LogP) is 4.60. The Morgan fingerprint density at radius 3 is 1.68 bits per heavy atom. The van der Waals surface area contributed by atoms with Crippen LogP contribution in [0.1, 0.15) is 33.3 Å². The van der Waals surface area contributed by atoms with E-state index in [1.165, 1.54) is 5.56 Å². The first-order valence-corrected chi connectivity index (χ1v) is 8.12. The zero-order chi connectivity index (χ0) is 17.0. The first kappa shape index (κ1) is 20.6. The molecule has 2 heteroatoms. The summed E-state index contributed by atoms with van der Waals surface area (Å²) in [5.74, 6) is 0. The first-order valence-electron chi connectivity index (χ1n) is 8.12. The first-order chi connectivity index (χ1) is 10.4. The third-order valence-corrected chi connectivity index (χ3v) is 3.65. The van der Waals surface area contributed by atoms with Gasteiger partial charge in [-0.25, -0.2) is 0 Å². The number of rotatable bonds is 8. The number of hydrogen-bond acceptors (Lipinski definition) is 2. The average Bonchev–Trinajstić information content (AvgIpc) is 2.48. The second-order valence-electron chi connectivity index (χ2n) is 6.11. The summed E-state index contributed by atoms with van der Waals surface area (Å²) in [4.78, 5) is 4.62. The van der Waals surface area contributed by atoms with E-state index in [9.17, 15) is 0 Å². The summed E-state index contributed by atoms with van der Waals surface area (Å²) >= 11 is 0. The maximum Gasteiger partial charge on any atom is 0.0240 e. The molecule has 0 spiro atoms. The van der Waals surface area contributed by atoms with Crippen molar-refractivity contribution >= 4 is 0 Å². The fraction of sp³-hybridized carbons (Fsp3) is 0.500. The lowest BCUT2D eigenvalue weighted by molar-refractivity contribution is 0.222. The summed E-state index contributed by atoms with van der Waals surface area (Å²) in [6.07, 6.45) is 3.85. The second-order valence-corrected chi connectivity index (χ2v) is 6.11. The van der Waals surface area contributed by atoms with Crippen LogP contribution in [0.5, 0.6) is 0 Å². The van der Waals surface area contributed by atoms with E-state index in [0.717, 1.165) is 19.6 Å². The Balaban J connectivity index is 0.000000472. The summed E-state index contributed by atoms with van der Waals surface area (Å²) in [7, 11) is 2.15. The lowest BCUT2D eigenvalue weighted by Gasteiger charge is -2.24. The molecule has 0 aromatic heterocycles. The third kappa shape index (κ3) is 9.54. The summed E-state index contributed by atoms with van der Waals surface area (Å²) in [6, 6.07) is 11.8. The molecule has 1 aromatic rings. The molecule has 0 heterocycles. The Bertz CT molecular complexity index is 377. The summed E-state index contributed by atoms with van der Waals surface area (Å²) < 4.78 is 0. The Kier molecular flexibility index (Phi) is 11.4. The van der Waals surface area contributed by atoms with Gasteiger partial charge in [-0.3, -0.25) is 4.90 Å². The molecule has 124 valence electrons. The number of nitrogens with zero attached hydrogens (tertiary/aromatic N) is 2. The molecule has 0 fully saturated rings. The van der Waals surface area contributed by atoms with Gasteiger partial charge in [-0.1, -0.05) is 42.5 Å². The highest BCUT2D eigenvalue weighted by Gasteiger charge is 2.05. The normalized spacial score (nSPS) is 10.8. The van der Waals surface area contributed by atoms with Crippen LogP contribution in [0.15, 0.2) is 55.6 Å².